The summed E-state index contributed by atoms with van der Waals surface area (Å²) in [5, 5.41) is 9.04. The van der Waals surface area contributed by atoms with Crippen LogP contribution in [0.1, 0.15) is 25.7 Å². The van der Waals surface area contributed by atoms with Gasteiger partial charge >= 0.3 is 11.9 Å². The minimum absolute atomic E-state index is 0.274. The van der Waals surface area contributed by atoms with E-state index in [-0.39, 0.29) is 5.97 Å². The maximum atomic E-state index is 11.7. The maximum absolute atomic E-state index is 11.7. The number of carboxylic acid groups (broad SMARTS) is 1. The van der Waals surface area contributed by atoms with Gasteiger partial charge < -0.3 is 9.84 Å². The number of ether oxygens (including phenoxy) is 1. The average molecular weight is 213 g/mol. The van der Waals surface area contributed by atoms with Gasteiger partial charge in [-0.1, -0.05) is 0 Å². The first-order valence-corrected chi connectivity index (χ1v) is 5.20. The first-order valence-electron chi connectivity index (χ1n) is 5.20. The van der Waals surface area contributed by atoms with Gasteiger partial charge in [0.25, 0.3) is 0 Å². The van der Waals surface area contributed by atoms with E-state index in [0.717, 1.165) is 12.8 Å². The smallest absolute Gasteiger partial charge is 0.326 e. The Morgan fingerprint density at radius 1 is 1.47 bits per heavy atom. The highest BCUT2D eigenvalue weighted by Crippen LogP contribution is 2.43. The molecule has 0 aliphatic carbocycles. The normalized spacial score (nSPS) is 35.1. The number of nitrogens with zero attached hydrogens (tertiary/aromatic N) is 1. The molecule has 2 aliphatic rings. The quantitative estimate of drug-likeness (QED) is 0.665. The van der Waals surface area contributed by atoms with E-state index in [0.29, 0.717) is 19.4 Å². The van der Waals surface area contributed by atoms with Crippen LogP contribution >= 0.6 is 0 Å². The van der Waals surface area contributed by atoms with Crippen molar-refractivity contribution < 1.29 is 19.4 Å². The van der Waals surface area contributed by atoms with Crippen molar-refractivity contribution in [2.75, 3.05) is 13.7 Å². The largest absolute Gasteiger partial charge is 0.480 e. The molecule has 0 aromatic rings. The zero-order chi connectivity index (χ0) is 11.1. The van der Waals surface area contributed by atoms with Crippen LogP contribution in [-0.4, -0.2) is 47.2 Å². The summed E-state index contributed by atoms with van der Waals surface area (Å²) in [5.74, 6) is -1.11. The van der Waals surface area contributed by atoms with Gasteiger partial charge in [-0.15, -0.1) is 0 Å². The Bertz CT molecular complexity index is 304. The van der Waals surface area contributed by atoms with Crippen LogP contribution in [0, 0.1) is 0 Å². The molecule has 2 saturated heterocycles. The van der Waals surface area contributed by atoms with Crippen LogP contribution in [-0.2, 0) is 14.3 Å². The van der Waals surface area contributed by atoms with Gasteiger partial charge in [-0.05, 0) is 25.7 Å². The highest BCUT2D eigenvalue weighted by Gasteiger charge is 2.56. The molecule has 0 spiro atoms. The summed E-state index contributed by atoms with van der Waals surface area (Å²) in [6, 6.07) is -0.508. The molecule has 0 amide bonds. The fourth-order valence-corrected chi connectivity index (χ4v) is 2.92. The number of methoxy groups -OCH3 is 1. The van der Waals surface area contributed by atoms with E-state index in [9.17, 15) is 9.59 Å². The number of fused-ring (bicyclic) bond motifs is 1. The Balaban J connectivity index is 2.26. The summed E-state index contributed by atoms with van der Waals surface area (Å²) in [6.45, 7) is 0.687. The molecule has 2 atom stereocenters. The molecule has 2 aliphatic heterocycles. The van der Waals surface area contributed by atoms with Crippen molar-refractivity contribution in [1.29, 1.82) is 0 Å². The summed E-state index contributed by atoms with van der Waals surface area (Å²) in [6.07, 6.45) is 2.75. The number of carboxylic acids is 1. The van der Waals surface area contributed by atoms with Gasteiger partial charge in [-0.2, -0.15) is 0 Å². The van der Waals surface area contributed by atoms with Crippen LogP contribution in [0.15, 0.2) is 0 Å². The van der Waals surface area contributed by atoms with Gasteiger partial charge in [0.2, 0.25) is 0 Å². The van der Waals surface area contributed by atoms with Crippen molar-refractivity contribution in [3.8, 4) is 0 Å². The van der Waals surface area contributed by atoms with Gasteiger partial charge in [-0.3, -0.25) is 14.5 Å². The second-order valence-electron chi connectivity index (χ2n) is 4.21. The SMILES string of the molecule is COC(=O)[C@]12CCCN1[C@H](C(=O)O)CC2. The lowest BCUT2D eigenvalue weighted by molar-refractivity contribution is -0.154. The van der Waals surface area contributed by atoms with Crippen molar-refractivity contribution in [3.63, 3.8) is 0 Å². The van der Waals surface area contributed by atoms with Crippen molar-refractivity contribution in [2.24, 2.45) is 0 Å². The van der Waals surface area contributed by atoms with Crippen LogP contribution < -0.4 is 0 Å². The third kappa shape index (κ3) is 1.33. The van der Waals surface area contributed by atoms with Gasteiger partial charge in [-0.25, -0.2) is 0 Å². The molecule has 0 saturated carbocycles. The summed E-state index contributed by atoms with van der Waals surface area (Å²) in [4.78, 5) is 24.5. The molecule has 2 rings (SSSR count). The van der Waals surface area contributed by atoms with Gasteiger partial charge in [0.1, 0.15) is 11.6 Å². The maximum Gasteiger partial charge on any atom is 0.326 e. The number of carbonyl (C=O) groups excluding carboxylic acids is 1. The summed E-state index contributed by atoms with van der Waals surface area (Å²) in [7, 11) is 1.36. The Morgan fingerprint density at radius 2 is 2.20 bits per heavy atom. The number of esters is 1. The van der Waals surface area contributed by atoms with Gasteiger partial charge in [0.15, 0.2) is 0 Å². The van der Waals surface area contributed by atoms with Crippen molar-refractivity contribution >= 4 is 11.9 Å². The zero-order valence-electron chi connectivity index (χ0n) is 8.73. The van der Waals surface area contributed by atoms with Crippen molar-refractivity contribution in [2.45, 2.75) is 37.3 Å². The van der Waals surface area contributed by atoms with Crippen LogP contribution in [0.25, 0.3) is 0 Å². The molecule has 1 N–H and O–H groups in total. The van der Waals surface area contributed by atoms with Crippen LogP contribution in [0.2, 0.25) is 0 Å². The number of carbonyl (C=O) groups is 2. The number of hydrogen-bond acceptors (Lipinski definition) is 4. The Kier molecular flexibility index (Phi) is 2.42. The first-order chi connectivity index (χ1) is 7.12. The van der Waals surface area contributed by atoms with E-state index in [1.54, 1.807) is 4.90 Å². The molecule has 0 aromatic heterocycles. The van der Waals surface area contributed by atoms with E-state index < -0.39 is 17.6 Å². The number of aliphatic carboxylic acids is 1. The van der Waals surface area contributed by atoms with Crippen LogP contribution in [0.4, 0.5) is 0 Å². The second-order valence-corrected chi connectivity index (χ2v) is 4.21. The molecule has 0 radical (unpaired) electrons. The van der Waals surface area contributed by atoms with E-state index in [1.807, 2.05) is 0 Å². The topological polar surface area (TPSA) is 66.8 Å². The van der Waals surface area contributed by atoms with E-state index in [4.69, 9.17) is 9.84 Å². The highest BCUT2D eigenvalue weighted by molar-refractivity contribution is 5.84. The lowest BCUT2D eigenvalue weighted by Gasteiger charge is -2.30. The van der Waals surface area contributed by atoms with Crippen molar-refractivity contribution in [1.82, 2.24) is 4.90 Å². The van der Waals surface area contributed by atoms with E-state index in [2.05, 4.69) is 0 Å². The molecule has 84 valence electrons. The highest BCUT2D eigenvalue weighted by atomic mass is 16.5. The molecule has 5 heteroatoms. The van der Waals surface area contributed by atoms with Crippen LogP contribution in [0.5, 0.6) is 0 Å². The molecule has 0 unspecified atom stereocenters. The molecular formula is C10H15NO4. The Labute approximate surface area is 88.0 Å². The lowest BCUT2D eigenvalue weighted by atomic mass is 9.94. The average Bonchev–Trinajstić information content (AvgIpc) is 2.73. The molecule has 2 fully saturated rings. The molecule has 0 aromatic carbocycles. The third-order valence-electron chi connectivity index (χ3n) is 3.60. The molecular weight excluding hydrogens is 198 g/mol. The third-order valence-corrected chi connectivity index (χ3v) is 3.60. The van der Waals surface area contributed by atoms with Crippen LogP contribution in [0.3, 0.4) is 0 Å². The molecule has 0 bridgehead atoms. The lowest BCUT2D eigenvalue weighted by Crippen LogP contribution is -2.50. The monoisotopic (exact) mass is 213 g/mol. The summed E-state index contributed by atoms with van der Waals surface area (Å²) in [5.41, 5.74) is -0.641. The summed E-state index contributed by atoms with van der Waals surface area (Å²) >= 11 is 0. The summed E-state index contributed by atoms with van der Waals surface area (Å²) < 4.78 is 4.79. The standard InChI is InChI=1S/C10H15NO4/c1-15-9(14)10-4-2-6-11(10)7(3-5-10)8(12)13/h7H,2-6H2,1H3,(H,12,13)/t7-,10+/m0/s1. The molecule has 2 heterocycles. The fourth-order valence-electron chi connectivity index (χ4n) is 2.92. The minimum atomic E-state index is -0.831. The van der Waals surface area contributed by atoms with E-state index >= 15 is 0 Å². The predicted octanol–water partition coefficient (Wildman–Crippen LogP) is 0.241. The number of rotatable bonds is 2. The Hall–Kier alpha value is -1.10. The molecule has 5 nitrogen and oxygen atoms in total. The predicted molar refractivity (Wildman–Crippen MR) is 51.3 cm³/mol. The fraction of sp³-hybridized carbons (Fsp3) is 0.800. The second kappa shape index (κ2) is 3.48. The number of hydrogen-bond donors (Lipinski definition) is 1. The first kappa shape index (κ1) is 10.4. The zero-order valence-corrected chi connectivity index (χ0v) is 8.73. The van der Waals surface area contributed by atoms with Crippen molar-refractivity contribution in [3.05, 3.63) is 0 Å². The Morgan fingerprint density at radius 3 is 2.80 bits per heavy atom. The molecule has 15 heavy (non-hydrogen) atoms. The van der Waals surface area contributed by atoms with E-state index in [1.165, 1.54) is 7.11 Å². The minimum Gasteiger partial charge on any atom is -0.480 e. The van der Waals surface area contributed by atoms with Gasteiger partial charge in [0.05, 0.1) is 7.11 Å². The van der Waals surface area contributed by atoms with Gasteiger partial charge in [0, 0.05) is 6.54 Å².